The number of hydrogen-bond donors (Lipinski definition) is 1. The van der Waals surface area contributed by atoms with E-state index < -0.39 is 0 Å². The van der Waals surface area contributed by atoms with E-state index in [1.165, 1.54) is 0 Å². The number of nitrogens with one attached hydrogen (secondary N) is 1. The van der Waals surface area contributed by atoms with Gasteiger partial charge in [0, 0.05) is 5.69 Å². The molecule has 0 spiro atoms. The molecular formula is C23H29NO3. The lowest BCUT2D eigenvalue weighted by molar-refractivity contribution is -0.150. The predicted molar refractivity (Wildman–Crippen MR) is 109 cm³/mol. The van der Waals surface area contributed by atoms with Gasteiger partial charge in [-0.15, -0.1) is 0 Å². The Kier molecular flexibility index (Phi) is 7.59. The van der Waals surface area contributed by atoms with Crippen LogP contribution < -0.4 is 5.32 Å². The quantitative estimate of drug-likeness (QED) is 0.659. The Morgan fingerprint density at radius 2 is 1.59 bits per heavy atom. The fourth-order valence-corrected chi connectivity index (χ4v) is 3.12. The molecule has 0 bridgehead atoms. The Morgan fingerprint density at radius 3 is 2.22 bits per heavy atom. The second kappa shape index (κ2) is 9.91. The molecule has 0 saturated heterocycles. The largest absolute Gasteiger partial charge is 0.455 e. The van der Waals surface area contributed by atoms with Crippen molar-refractivity contribution in [1.82, 2.24) is 0 Å². The lowest BCUT2D eigenvalue weighted by atomic mass is 9.86. The summed E-state index contributed by atoms with van der Waals surface area (Å²) in [7, 11) is 0. The number of carbonyl (C=O) groups excluding carboxylic acids is 2. The number of amides is 1. The standard InChI is InChI=1S/C23H29NO3/c1-5-17(4)22(18-11-7-6-8-12-18)23(26)27-15-21(25)24-20-14-10-9-13-19(20)16(2)3/h6-14,16-17,22H,5,15H2,1-4H3,(H,24,25)/t17-,22-/m1/s1. The van der Waals surface area contributed by atoms with Gasteiger partial charge in [0.1, 0.15) is 0 Å². The summed E-state index contributed by atoms with van der Waals surface area (Å²) < 4.78 is 5.36. The van der Waals surface area contributed by atoms with Gasteiger partial charge in [-0.25, -0.2) is 0 Å². The van der Waals surface area contributed by atoms with Gasteiger partial charge in [0.05, 0.1) is 5.92 Å². The van der Waals surface area contributed by atoms with Crippen molar-refractivity contribution in [2.75, 3.05) is 11.9 Å². The van der Waals surface area contributed by atoms with Crippen molar-refractivity contribution >= 4 is 17.6 Å². The number of anilines is 1. The summed E-state index contributed by atoms with van der Waals surface area (Å²) in [6, 6.07) is 17.3. The van der Waals surface area contributed by atoms with Crippen LogP contribution in [0.25, 0.3) is 0 Å². The van der Waals surface area contributed by atoms with Crippen molar-refractivity contribution in [2.45, 2.75) is 46.0 Å². The third kappa shape index (κ3) is 5.68. The van der Waals surface area contributed by atoms with Crippen LogP contribution in [0.2, 0.25) is 0 Å². The minimum absolute atomic E-state index is 0.129. The highest BCUT2D eigenvalue weighted by atomic mass is 16.5. The van der Waals surface area contributed by atoms with Gasteiger partial charge in [0.2, 0.25) is 0 Å². The van der Waals surface area contributed by atoms with Crippen LogP contribution in [0.4, 0.5) is 5.69 Å². The van der Waals surface area contributed by atoms with Gasteiger partial charge in [-0.05, 0) is 29.0 Å². The topological polar surface area (TPSA) is 55.4 Å². The molecule has 2 atom stereocenters. The molecule has 0 aliphatic carbocycles. The monoisotopic (exact) mass is 367 g/mol. The van der Waals surface area contributed by atoms with Gasteiger partial charge in [-0.2, -0.15) is 0 Å². The minimum atomic E-state index is -0.369. The van der Waals surface area contributed by atoms with Crippen molar-refractivity contribution < 1.29 is 14.3 Å². The van der Waals surface area contributed by atoms with Crippen molar-refractivity contribution in [3.63, 3.8) is 0 Å². The number of ether oxygens (including phenoxy) is 1. The van der Waals surface area contributed by atoms with E-state index in [4.69, 9.17) is 4.74 Å². The zero-order chi connectivity index (χ0) is 19.8. The van der Waals surface area contributed by atoms with Gasteiger partial charge in [-0.3, -0.25) is 9.59 Å². The van der Waals surface area contributed by atoms with Gasteiger partial charge in [0.15, 0.2) is 6.61 Å². The molecular weight excluding hydrogens is 338 g/mol. The molecule has 0 aliphatic rings. The maximum absolute atomic E-state index is 12.7. The molecule has 2 aromatic rings. The van der Waals surface area contributed by atoms with E-state index in [2.05, 4.69) is 19.2 Å². The van der Waals surface area contributed by atoms with E-state index >= 15 is 0 Å². The van der Waals surface area contributed by atoms with Crippen LogP contribution in [0.1, 0.15) is 57.1 Å². The van der Waals surface area contributed by atoms with E-state index in [1.807, 2.05) is 68.4 Å². The summed E-state index contributed by atoms with van der Waals surface area (Å²) in [5, 5.41) is 2.85. The lowest BCUT2D eigenvalue weighted by Crippen LogP contribution is -2.27. The highest BCUT2D eigenvalue weighted by Gasteiger charge is 2.27. The molecule has 0 aliphatic heterocycles. The van der Waals surface area contributed by atoms with Crippen LogP contribution in [0.15, 0.2) is 54.6 Å². The van der Waals surface area contributed by atoms with Crippen LogP contribution in [-0.4, -0.2) is 18.5 Å². The molecule has 144 valence electrons. The molecule has 0 heterocycles. The molecule has 4 heteroatoms. The van der Waals surface area contributed by atoms with Crippen LogP contribution in [-0.2, 0) is 14.3 Å². The zero-order valence-electron chi connectivity index (χ0n) is 16.6. The Hall–Kier alpha value is -2.62. The number of para-hydroxylation sites is 1. The van der Waals surface area contributed by atoms with Crippen LogP contribution >= 0.6 is 0 Å². The van der Waals surface area contributed by atoms with E-state index in [-0.39, 0.29) is 36.2 Å². The first-order valence-corrected chi connectivity index (χ1v) is 9.54. The fourth-order valence-electron chi connectivity index (χ4n) is 3.12. The first-order valence-electron chi connectivity index (χ1n) is 9.54. The van der Waals surface area contributed by atoms with Crippen molar-refractivity contribution in [3.8, 4) is 0 Å². The first kappa shape index (κ1) is 20.7. The first-order chi connectivity index (χ1) is 12.9. The molecule has 2 rings (SSSR count). The minimum Gasteiger partial charge on any atom is -0.455 e. The number of rotatable bonds is 8. The number of hydrogen-bond acceptors (Lipinski definition) is 3. The lowest BCUT2D eigenvalue weighted by Gasteiger charge is -2.22. The average molecular weight is 367 g/mol. The van der Waals surface area contributed by atoms with E-state index in [0.29, 0.717) is 0 Å². The summed E-state index contributed by atoms with van der Waals surface area (Å²) in [6.07, 6.45) is 0.850. The summed E-state index contributed by atoms with van der Waals surface area (Å²) in [6.45, 7) is 7.93. The maximum atomic E-state index is 12.7. The molecule has 1 N–H and O–H groups in total. The Labute approximate surface area is 161 Å². The van der Waals surface area contributed by atoms with E-state index in [9.17, 15) is 9.59 Å². The van der Waals surface area contributed by atoms with Crippen LogP contribution in [0.3, 0.4) is 0 Å². The van der Waals surface area contributed by atoms with Crippen molar-refractivity contribution in [2.24, 2.45) is 5.92 Å². The van der Waals surface area contributed by atoms with Gasteiger partial charge in [0.25, 0.3) is 5.91 Å². The smallest absolute Gasteiger partial charge is 0.314 e. The fraction of sp³-hybridized carbons (Fsp3) is 0.391. The maximum Gasteiger partial charge on any atom is 0.314 e. The average Bonchev–Trinajstić information content (AvgIpc) is 2.67. The second-order valence-electron chi connectivity index (χ2n) is 7.17. The highest BCUT2D eigenvalue weighted by molar-refractivity contribution is 5.94. The number of esters is 1. The number of carbonyl (C=O) groups is 2. The Balaban J connectivity index is 2.02. The highest BCUT2D eigenvalue weighted by Crippen LogP contribution is 2.28. The summed E-state index contributed by atoms with van der Waals surface area (Å²) in [5.74, 6) is -0.635. The molecule has 1 amide bonds. The summed E-state index contributed by atoms with van der Waals surface area (Å²) in [4.78, 5) is 25.0. The Morgan fingerprint density at radius 1 is 0.963 bits per heavy atom. The molecule has 0 radical (unpaired) electrons. The van der Waals surface area contributed by atoms with E-state index in [0.717, 1.165) is 23.2 Å². The molecule has 0 aromatic heterocycles. The third-order valence-electron chi connectivity index (χ3n) is 4.83. The zero-order valence-corrected chi connectivity index (χ0v) is 16.6. The van der Waals surface area contributed by atoms with Gasteiger partial charge in [-0.1, -0.05) is 82.6 Å². The second-order valence-corrected chi connectivity index (χ2v) is 7.17. The number of benzene rings is 2. The van der Waals surface area contributed by atoms with Crippen LogP contribution in [0, 0.1) is 5.92 Å². The SMILES string of the molecule is CC[C@@H](C)[C@@H](C(=O)OCC(=O)Nc1ccccc1C(C)C)c1ccccc1. The van der Waals surface area contributed by atoms with E-state index in [1.54, 1.807) is 0 Å². The molecule has 27 heavy (non-hydrogen) atoms. The van der Waals surface area contributed by atoms with Crippen LogP contribution in [0.5, 0.6) is 0 Å². The molecule has 2 aromatic carbocycles. The van der Waals surface area contributed by atoms with Crippen molar-refractivity contribution in [3.05, 3.63) is 65.7 Å². The summed E-state index contributed by atoms with van der Waals surface area (Å²) >= 11 is 0. The van der Waals surface area contributed by atoms with Gasteiger partial charge >= 0.3 is 5.97 Å². The molecule has 4 nitrogen and oxygen atoms in total. The molecule has 0 saturated carbocycles. The summed E-state index contributed by atoms with van der Waals surface area (Å²) in [5.41, 5.74) is 2.73. The normalized spacial score (nSPS) is 13.1. The van der Waals surface area contributed by atoms with Crippen molar-refractivity contribution in [1.29, 1.82) is 0 Å². The predicted octanol–water partition coefficient (Wildman–Crippen LogP) is 5.12. The van der Waals surface area contributed by atoms with Gasteiger partial charge < -0.3 is 10.1 Å². The third-order valence-corrected chi connectivity index (χ3v) is 4.83. The molecule has 0 fully saturated rings. The molecule has 0 unspecified atom stereocenters. The Bertz CT molecular complexity index is 755.